The first-order valence-electron chi connectivity index (χ1n) is 7.73. The van der Waals surface area contributed by atoms with Crippen LogP contribution < -0.4 is 4.74 Å². The van der Waals surface area contributed by atoms with Crippen LogP contribution in [0.5, 0.6) is 5.75 Å². The predicted octanol–water partition coefficient (Wildman–Crippen LogP) is 2.22. The Morgan fingerprint density at radius 3 is 2.78 bits per heavy atom. The summed E-state index contributed by atoms with van der Waals surface area (Å²) < 4.78 is 5.49. The zero-order valence-electron chi connectivity index (χ0n) is 13.5. The summed E-state index contributed by atoms with van der Waals surface area (Å²) in [5.41, 5.74) is 1.75. The standard InChI is InChI=1S/C18H21N3O2/c1-20-10-11-21(18(22)14-6-5-9-19-12-14)13-16(20)15-7-3-4-8-17(15)23-2/h3-9,12,16H,10-11,13H2,1-2H3/t16-/m1/s1. The molecule has 1 aliphatic rings. The lowest BCUT2D eigenvalue weighted by molar-refractivity contribution is 0.0542. The Kier molecular flexibility index (Phi) is 4.57. The summed E-state index contributed by atoms with van der Waals surface area (Å²) in [6.07, 6.45) is 3.30. The summed E-state index contributed by atoms with van der Waals surface area (Å²) in [5.74, 6) is 0.895. The quantitative estimate of drug-likeness (QED) is 0.872. The van der Waals surface area contributed by atoms with Gasteiger partial charge in [-0.3, -0.25) is 14.7 Å². The number of aromatic nitrogens is 1. The summed E-state index contributed by atoms with van der Waals surface area (Å²) in [6.45, 7) is 2.19. The largest absolute Gasteiger partial charge is 0.496 e. The normalized spacial score (nSPS) is 18.7. The number of rotatable bonds is 3. The maximum atomic E-state index is 12.7. The average molecular weight is 311 g/mol. The minimum atomic E-state index is 0.0334. The molecule has 0 radical (unpaired) electrons. The summed E-state index contributed by atoms with van der Waals surface area (Å²) >= 11 is 0. The smallest absolute Gasteiger partial charge is 0.255 e. The molecule has 1 atom stereocenters. The zero-order valence-corrected chi connectivity index (χ0v) is 13.5. The maximum Gasteiger partial charge on any atom is 0.255 e. The number of pyridine rings is 1. The van der Waals surface area contributed by atoms with Gasteiger partial charge in [0.15, 0.2) is 0 Å². The highest BCUT2D eigenvalue weighted by molar-refractivity contribution is 5.94. The number of carbonyl (C=O) groups excluding carboxylic acids is 1. The van der Waals surface area contributed by atoms with E-state index in [-0.39, 0.29) is 11.9 Å². The Morgan fingerprint density at radius 2 is 2.04 bits per heavy atom. The van der Waals surface area contributed by atoms with Crippen molar-refractivity contribution in [3.63, 3.8) is 0 Å². The highest BCUT2D eigenvalue weighted by Gasteiger charge is 2.30. The van der Waals surface area contributed by atoms with Crippen LogP contribution in [0.1, 0.15) is 22.0 Å². The van der Waals surface area contributed by atoms with E-state index in [1.165, 1.54) is 0 Å². The fourth-order valence-electron chi connectivity index (χ4n) is 3.01. The molecule has 1 aromatic heterocycles. The third-order valence-electron chi connectivity index (χ3n) is 4.34. The molecule has 5 heteroatoms. The van der Waals surface area contributed by atoms with Crippen LogP contribution in [0.4, 0.5) is 0 Å². The van der Waals surface area contributed by atoms with Crippen molar-refractivity contribution >= 4 is 5.91 Å². The first-order valence-corrected chi connectivity index (χ1v) is 7.73. The lowest BCUT2D eigenvalue weighted by Crippen LogP contribution is -2.49. The molecular formula is C18H21N3O2. The fraction of sp³-hybridized carbons (Fsp3) is 0.333. The number of hydrogen-bond donors (Lipinski definition) is 0. The van der Waals surface area contributed by atoms with Crippen LogP contribution in [0, 0.1) is 0 Å². The summed E-state index contributed by atoms with van der Waals surface area (Å²) in [5, 5.41) is 0. The van der Waals surface area contributed by atoms with Crippen LogP contribution in [0.2, 0.25) is 0 Å². The monoisotopic (exact) mass is 311 g/mol. The van der Waals surface area contributed by atoms with Gasteiger partial charge in [-0.1, -0.05) is 18.2 Å². The van der Waals surface area contributed by atoms with Crippen molar-refractivity contribution in [1.82, 2.24) is 14.8 Å². The van der Waals surface area contributed by atoms with E-state index in [0.29, 0.717) is 12.1 Å². The van der Waals surface area contributed by atoms with E-state index < -0.39 is 0 Å². The van der Waals surface area contributed by atoms with Crippen molar-refractivity contribution in [2.75, 3.05) is 33.8 Å². The molecule has 0 aliphatic carbocycles. The van der Waals surface area contributed by atoms with Crippen LogP contribution in [0.25, 0.3) is 0 Å². The van der Waals surface area contributed by atoms with E-state index in [1.807, 2.05) is 29.2 Å². The number of carbonyl (C=O) groups is 1. The lowest BCUT2D eigenvalue weighted by atomic mass is 10.0. The zero-order chi connectivity index (χ0) is 16.2. The minimum absolute atomic E-state index is 0.0334. The van der Waals surface area contributed by atoms with Crippen molar-refractivity contribution in [3.8, 4) is 5.75 Å². The highest BCUT2D eigenvalue weighted by atomic mass is 16.5. The molecule has 1 fully saturated rings. The molecule has 1 saturated heterocycles. The van der Waals surface area contributed by atoms with Crippen molar-refractivity contribution in [1.29, 1.82) is 0 Å². The molecule has 2 aromatic rings. The van der Waals surface area contributed by atoms with Crippen molar-refractivity contribution in [2.45, 2.75) is 6.04 Å². The Morgan fingerprint density at radius 1 is 1.22 bits per heavy atom. The van der Waals surface area contributed by atoms with Gasteiger partial charge in [0.25, 0.3) is 5.91 Å². The molecule has 23 heavy (non-hydrogen) atoms. The first-order chi connectivity index (χ1) is 11.2. The number of likely N-dealkylation sites (N-methyl/N-ethyl adjacent to an activating group) is 1. The van der Waals surface area contributed by atoms with E-state index in [2.05, 4.69) is 23.0 Å². The minimum Gasteiger partial charge on any atom is -0.496 e. The van der Waals surface area contributed by atoms with Crippen LogP contribution in [0.15, 0.2) is 48.8 Å². The third kappa shape index (κ3) is 3.19. The first kappa shape index (κ1) is 15.5. The number of ether oxygens (including phenoxy) is 1. The highest BCUT2D eigenvalue weighted by Crippen LogP contribution is 2.31. The molecular weight excluding hydrogens is 290 g/mol. The molecule has 0 bridgehead atoms. The molecule has 120 valence electrons. The molecule has 0 N–H and O–H groups in total. The number of hydrogen-bond acceptors (Lipinski definition) is 4. The SMILES string of the molecule is COc1ccccc1[C@H]1CN(C(=O)c2cccnc2)CCN1C. The molecule has 1 amide bonds. The molecule has 3 rings (SSSR count). The average Bonchev–Trinajstić information content (AvgIpc) is 2.62. The van der Waals surface area contributed by atoms with Gasteiger partial charge >= 0.3 is 0 Å². The van der Waals surface area contributed by atoms with E-state index in [9.17, 15) is 4.79 Å². The maximum absolute atomic E-state index is 12.7. The van der Waals surface area contributed by atoms with Gasteiger partial charge in [0, 0.05) is 37.6 Å². The Hall–Kier alpha value is -2.40. The van der Waals surface area contributed by atoms with Crippen molar-refractivity contribution in [2.24, 2.45) is 0 Å². The predicted molar refractivity (Wildman–Crippen MR) is 88.5 cm³/mol. The molecule has 0 unspecified atom stereocenters. The van der Waals surface area contributed by atoms with Gasteiger partial charge in [-0.15, -0.1) is 0 Å². The van der Waals surface area contributed by atoms with E-state index >= 15 is 0 Å². The van der Waals surface area contributed by atoms with E-state index in [1.54, 1.807) is 25.6 Å². The Labute approximate surface area is 136 Å². The van der Waals surface area contributed by atoms with Gasteiger partial charge < -0.3 is 9.64 Å². The van der Waals surface area contributed by atoms with Gasteiger partial charge in [0.2, 0.25) is 0 Å². The summed E-state index contributed by atoms with van der Waals surface area (Å²) in [4.78, 5) is 20.9. The number of methoxy groups -OCH3 is 1. The van der Waals surface area contributed by atoms with Gasteiger partial charge in [-0.2, -0.15) is 0 Å². The van der Waals surface area contributed by atoms with Crippen molar-refractivity contribution < 1.29 is 9.53 Å². The summed E-state index contributed by atoms with van der Waals surface area (Å²) in [7, 11) is 3.77. The number of para-hydroxylation sites is 1. The second-order valence-electron chi connectivity index (χ2n) is 5.73. The van der Waals surface area contributed by atoms with Crippen molar-refractivity contribution in [3.05, 3.63) is 59.9 Å². The van der Waals surface area contributed by atoms with Gasteiger partial charge in [-0.05, 0) is 25.2 Å². The summed E-state index contributed by atoms with van der Waals surface area (Å²) in [6, 6.07) is 11.7. The Bertz CT molecular complexity index is 675. The van der Waals surface area contributed by atoms with Crippen LogP contribution in [-0.4, -0.2) is 54.5 Å². The molecule has 1 aromatic carbocycles. The van der Waals surface area contributed by atoms with Gasteiger partial charge in [-0.25, -0.2) is 0 Å². The molecule has 1 aliphatic heterocycles. The number of benzene rings is 1. The molecule has 0 saturated carbocycles. The lowest BCUT2D eigenvalue weighted by Gasteiger charge is -2.40. The van der Waals surface area contributed by atoms with Crippen LogP contribution >= 0.6 is 0 Å². The van der Waals surface area contributed by atoms with E-state index in [4.69, 9.17) is 4.74 Å². The number of amides is 1. The second-order valence-corrected chi connectivity index (χ2v) is 5.73. The number of piperazine rings is 1. The van der Waals surface area contributed by atoms with Crippen LogP contribution in [-0.2, 0) is 0 Å². The molecule has 0 spiro atoms. The topological polar surface area (TPSA) is 45.7 Å². The second kappa shape index (κ2) is 6.79. The Balaban J connectivity index is 1.83. The van der Waals surface area contributed by atoms with Gasteiger partial charge in [0.05, 0.1) is 18.7 Å². The number of nitrogens with zero attached hydrogens (tertiary/aromatic N) is 3. The van der Waals surface area contributed by atoms with E-state index in [0.717, 1.165) is 24.4 Å². The third-order valence-corrected chi connectivity index (χ3v) is 4.34. The molecule has 2 heterocycles. The van der Waals surface area contributed by atoms with Gasteiger partial charge in [0.1, 0.15) is 5.75 Å². The van der Waals surface area contributed by atoms with Crippen LogP contribution in [0.3, 0.4) is 0 Å². The fourth-order valence-corrected chi connectivity index (χ4v) is 3.01. The molecule has 5 nitrogen and oxygen atoms in total.